The van der Waals surface area contributed by atoms with Gasteiger partial charge in [-0.15, -0.1) is 0 Å². The maximum Gasteiger partial charge on any atom is 0.254 e. The van der Waals surface area contributed by atoms with Gasteiger partial charge in [-0.05, 0) is 42.0 Å². The number of hydrogen-bond acceptors (Lipinski definition) is 2. The molecule has 0 spiro atoms. The van der Waals surface area contributed by atoms with Gasteiger partial charge in [-0.2, -0.15) is 0 Å². The second-order valence-corrected chi connectivity index (χ2v) is 6.39. The predicted octanol–water partition coefficient (Wildman–Crippen LogP) is 3.51. The van der Waals surface area contributed by atoms with Crippen LogP contribution in [0.15, 0.2) is 60.8 Å². The lowest BCUT2D eigenvalue weighted by Gasteiger charge is -2.25. The summed E-state index contributed by atoms with van der Waals surface area (Å²) >= 11 is 0. The quantitative estimate of drug-likeness (QED) is 0.756. The van der Waals surface area contributed by atoms with E-state index < -0.39 is 6.10 Å². The van der Waals surface area contributed by atoms with Crippen molar-refractivity contribution in [2.24, 2.45) is 0 Å². The van der Waals surface area contributed by atoms with Crippen LogP contribution in [-0.4, -0.2) is 33.5 Å². The largest absolute Gasteiger partial charge is 0.387 e. The number of nitrogens with zero attached hydrogens (tertiary/aromatic N) is 1. The van der Waals surface area contributed by atoms with Crippen LogP contribution in [0.4, 0.5) is 0 Å². The van der Waals surface area contributed by atoms with E-state index in [9.17, 15) is 9.90 Å². The fraction of sp³-hybridized carbons (Fsp3) is 0.250. The zero-order valence-corrected chi connectivity index (χ0v) is 13.4. The molecule has 3 aromatic rings. The molecule has 0 aliphatic heterocycles. The molecule has 1 aliphatic carbocycles. The lowest BCUT2D eigenvalue weighted by atomic mass is 10.1. The molecule has 1 amide bonds. The van der Waals surface area contributed by atoms with E-state index in [-0.39, 0.29) is 11.9 Å². The second kappa shape index (κ2) is 6.13. The Labute approximate surface area is 140 Å². The average Bonchev–Trinajstić information content (AvgIpc) is 3.36. The van der Waals surface area contributed by atoms with Crippen LogP contribution in [-0.2, 0) is 0 Å². The van der Waals surface area contributed by atoms with Crippen molar-refractivity contribution in [1.82, 2.24) is 9.88 Å². The van der Waals surface area contributed by atoms with Crippen molar-refractivity contribution in [3.63, 3.8) is 0 Å². The molecule has 2 N–H and O–H groups in total. The monoisotopic (exact) mass is 320 g/mol. The predicted molar refractivity (Wildman–Crippen MR) is 93.8 cm³/mol. The molecule has 1 heterocycles. The fourth-order valence-corrected chi connectivity index (χ4v) is 3.10. The second-order valence-electron chi connectivity index (χ2n) is 6.39. The smallest absolute Gasteiger partial charge is 0.254 e. The number of aromatic amines is 1. The molecule has 1 aliphatic rings. The summed E-state index contributed by atoms with van der Waals surface area (Å²) in [5.74, 6) is -0.0102. The van der Waals surface area contributed by atoms with Crippen molar-refractivity contribution in [3.8, 4) is 0 Å². The number of fused-ring (bicyclic) bond motifs is 1. The van der Waals surface area contributed by atoms with Crippen molar-refractivity contribution in [1.29, 1.82) is 0 Å². The van der Waals surface area contributed by atoms with E-state index in [2.05, 4.69) is 4.98 Å². The van der Waals surface area contributed by atoms with Crippen LogP contribution in [0.2, 0.25) is 0 Å². The third-order valence-electron chi connectivity index (χ3n) is 4.60. The number of H-pyrrole nitrogens is 1. The molecule has 0 saturated heterocycles. The lowest BCUT2D eigenvalue weighted by Crippen LogP contribution is -2.36. The zero-order chi connectivity index (χ0) is 16.5. The van der Waals surface area contributed by atoms with Gasteiger partial charge in [-0.25, -0.2) is 0 Å². The number of nitrogens with one attached hydrogen (secondary N) is 1. The van der Waals surface area contributed by atoms with Gasteiger partial charge in [0.2, 0.25) is 0 Å². The first-order chi connectivity index (χ1) is 11.7. The molecular weight excluding hydrogens is 300 g/mol. The van der Waals surface area contributed by atoms with Crippen molar-refractivity contribution >= 4 is 16.8 Å². The van der Waals surface area contributed by atoms with Gasteiger partial charge in [0.05, 0.1) is 12.6 Å². The topological polar surface area (TPSA) is 56.3 Å². The molecule has 0 radical (unpaired) electrons. The minimum absolute atomic E-state index is 0.0102. The SMILES string of the molecule is O=C(c1ccc2cc[nH]c2c1)N(C[C@@H](O)c1ccccc1)C1CC1. The normalized spacial score (nSPS) is 15.4. The van der Waals surface area contributed by atoms with E-state index in [1.165, 1.54) is 0 Å². The van der Waals surface area contributed by atoms with Crippen molar-refractivity contribution in [2.45, 2.75) is 25.0 Å². The molecule has 1 saturated carbocycles. The lowest BCUT2D eigenvalue weighted by molar-refractivity contribution is 0.0603. The summed E-state index contributed by atoms with van der Waals surface area (Å²) < 4.78 is 0. The van der Waals surface area contributed by atoms with Crippen molar-refractivity contribution in [3.05, 3.63) is 71.9 Å². The van der Waals surface area contributed by atoms with Crippen LogP contribution in [0.25, 0.3) is 10.9 Å². The fourth-order valence-electron chi connectivity index (χ4n) is 3.10. The minimum atomic E-state index is -0.662. The Kier molecular flexibility index (Phi) is 3.82. The Morgan fingerprint density at radius 3 is 2.71 bits per heavy atom. The Morgan fingerprint density at radius 1 is 1.17 bits per heavy atom. The van der Waals surface area contributed by atoms with Gasteiger partial charge in [0.15, 0.2) is 0 Å². The Balaban J connectivity index is 1.57. The molecule has 122 valence electrons. The third-order valence-corrected chi connectivity index (χ3v) is 4.60. The zero-order valence-electron chi connectivity index (χ0n) is 13.4. The average molecular weight is 320 g/mol. The van der Waals surface area contributed by atoms with Gasteiger partial charge in [0.1, 0.15) is 0 Å². The maximum absolute atomic E-state index is 13.0. The number of carbonyl (C=O) groups is 1. The van der Waals surface area contributed by atoms with Gasteiger partial charge in [0.25, 0.3) is 5.91 Å². The van der Waals surface area contributed by atoms with Crippen LogP contribution in [0.5, 0.6) is 0 Å². The summed E-state index contributed by atoms with van der Waals surface area (Å²) in [4.78, 5) is 17.9. The van der Waals surface area contributed by atoms with E-state index in [1.54, 1.807) is 0 Å². The summed E-state index contributed by atoms with van der Waals surface area (Å²) in [6.07, 6.45) is 3.23. The van der Waals surface area contributed by atoms with E-state index in [0.717, 1.165) is 29.3 Å². The molecule has 1 atom stereocenters. The molecule has 24 heavy (non-hydrogen) atoms. The Morgan fingerprint density at radius 2 is 1.96 bits per heavy atom. The van der Waals surface area contributed by atoms with E-state index in [1.807, 2.05) is 65.7 Å². The number of benzene rings is 2. The number of aliphatic hydroxyl groups excluding tert-OH is 1. The Hall–Kier alpha value is -2.59. The molecular formula is C20H20N2O2. The number of hydrogen-bond donors (Lipinski definition) is 2. The van der Waals surface area contributed by atoms with Crippen LogP contribution >= 0.6 is 0 Å². The number of carbonyl (C=O) groups excluding carboxylic acids is 1. The van der Waals surface area contributed by atoms with Gasteiger partial charge >= 0.3 is 0 Å². The number of amides is 1. The van der Waals surface area contributed by atoms with Crippen LogP contribution in [0, 0.1) is 0 Å². The molecule has 1 aromatic heterocycles. The molecule has 4 nitrogen and oxygen atoms in total. The Bertz CT molecular complexity index is 852. The highest BCUT2D eigenvalue weighted by Crippen LogP contribution is 2.30. The summed E-state index contributed by atoms with van der Waals surface area (Å²) in [7, 11) is 0. The summed E-state index contributed by atoms with van der Waals surface area (Å²) in [6, 6.07) is 17.5. The first kappa shape index (κ1) is 15.0. The van der Waals surface area contributed by atoms with Gasteiger partial charge in [-0.3, -0.25) is 4.79 Å². The van der Waals surface area contributed by atoms with E-state index in [0.29, 0.717) is 12.1 Å². The van der Waals surface area contributed by atoms with Crippen LogP contribution in [0.1, 0.15) is 34.9 Å². The highest BCUT2D eigenvalue weighted by molar-refractivity contribution is 5.98. The first-order valence-electron chi connectivity index (χ1n) is 8.33. The summed E-state index contributed by atoms with van der Waals surface area (Å²) in [5, 5.41) is 11.6. The molecule has 4 rings (SSSR count). The molecule has 0 unspecified atom stereocenters. The molecule has 0 bridgehead atoms. The number of rotatable bonds is 5. The van der Waals surface area contributed by atoms with E-state index >= 15 is 0 Å². The standard InChI is InChI=1S/C20H20N2O2/c23-19(15-4-2-1-3-5-15)13-22(17-8-9-17)20(24)16-7-6-14-10-11-21-18(14)12-16/h1-7,10-12,17,19,21,23H,8-9,13H2/t19-/m1/s1. The van der Waals surface area contributed by atoms with Crippen LogP contribution < -0.4 is 0 Å². The molecule has 1 fully saturated rings. The highest BCUT2D eigenvalue weighted by atomic mass is 16.3. The van der Waals surface area contributed by atoms with Gasteiger partial charge < -0.3 is 15.0 Å². The highest BCUT2D eigenvalue weighted by Gasteiger charge is 2.34. The van der Waals surface area contributed by atoms with Crippen molar-refractivity contribution < 1.29 is 9.90 Å². The van der Waals surface area contributed by atoms with Crippen molar-refractivity contribution in [2.75, 3.05) is 6.54 Å². The minimum Gasteiger partial charge on any atom is -0.387 e. The van der Waals surface area contributed by atoms with Gasteiger partial charge in [-0.1, -0.05) is 36.4 Å². The maximum atomic E-state index is 13.0. The third kappa shape index (κ3) is 2.93. The van der Waals surface area contributed by atoms with Crippen LogP contribution in [0.3, 0.4) is 0 Å². The van der Waals surface area contributed by atoms with E-state index in [4.69, 9.17) is 0 Å². The molecule has 4 heteroatoms. The number of aromatic nitrogens is 1. The summed E-state index contributed by atoms with van der Waals surface area (Å²) in [5.41, 5.74) is 2.47. The first-order valence-corrected chi connectivity index (χ1v) is 8.33. The summed E-state index contributed by atoms with van der Waals surface area (Å²) in [6.45, 7) is 0.330. The van der Waals surface area contributed by atoms with Gasteiger partial charge in [0, 0.05) is 23.3 Å². The number of aliphatic hydroxyl groups is 1. The molecule has 2 aromatic carbocycles.